The molecule has 20 heavy (non-hydrogen) atoms. The lowest BCUT2D eigenvalue weighted by Crippen LogP contribution is -2.39. The molecule has 0 amide bonds. The lowest BCUT2D eigenvalue weighted by Gasteiger charge is -2.23. The lowest BCUT2D eigenvalue weighted by molar-refractivity contribution is 0.164. The highest BCUT2D eigenvalue weighted by Crippen LogP contribution is 2.26. The van der Waals surface area contributed by atoms with Crippen LogP contribution in [0.4, 0.5) is 0 Å². The lowest BCUT2D eigenvalue weighted by atomic mass is 10.0. The number of methoxy groups -OCH3 is 1. The summed E-state index contributed by atoms with van der Waals surface area (Å²) in [6, 6.07) is 5.89. The van der Waals surface area contributed by atoms with Crippen molar-refractivity contribution >= 4 is 11.8 Å². The van der Waals surface area contributed by atoms with Gasteiger partial charge in [0.05, 0.1) is 19.8 Å². The highest BCUT2D eigenvalue weighted by atomic mass is 32.2. The van der Waals surface area contributed by atoms with Crippen LogP contribution in [0.2, 0.25) is 0 Å². The Morgan fingerprint density at radius 1 is 1.40 bits per heavy atom. The van der Waals surface area contributed by atoms with E-state index in [4.69, 9.17) is 4.74 Å². The molecular formula is C15H25NO3S. The number of hydrogen-bond acceptors (Lipinski definition) is 5. The summed E-state index contributed by atoms with van der Waals surface area (Å²) in [5.41, 5.74) is 1.88. The van der Waals surface area contributed by atoms with E-state index in [0.29, 0.717) is 12.3 Å². The van der Waals surface area contributed by atoms with Crippen molar-refractivity contribution in [1.82, 2.24) is 5.32 Å². The van der Waals surface area contributed by atoms with E-state index in [9.17, 15) is 10.2 Å². The van der Waals surface area contributed by atoms with Crippen LogP contribution in [0.1, 0.15) is 24.2 Å². The van der Waals surface area contributed by atoms with Crippen molar-refractivity contribution in [3.8, 4) is 5.75 Å². The monoisotopic (exact) mass is 299 g/mol. The summed E-state index contributed by atoms with van der Waals surface area (Å²) in [5.74, 6) is 0.695. The normalized spacial score (nSPS) is 15.7. The van der Waals surface area contributed by atoms with E-state index in [2.05, 4.69) is 5.32 Å². The number of hydrogen-bond donors (Lipinski definition) is 3. The Morgan fingerprint density at radius 3 is 2.65 bits per heavy atom. The maximum absolute atomic E-state index is 10.3. The van der Waals surface area contributed by atoms with Gasteiger partial charge in [-0.15, -0.1) is 0 Å². The molecule has 114 valence electrons. The number of aliphatic hydroxyl groups excluding tert-OH is 2. The number of ether oxygens (including phenoxy) is 1. The van der Waals surface area contributed by atoms with E-state index in [1.807, 2.05) is 38.3 Å². The fourth-order valence-corrected chi connectivity index (χ4v) is 2.74. The predicted octanol–water partition coefficient (Wildman–Crippen LogP) is 1.74. The molecule has 3 N–H and O–H groups in total. The largest absolute Gasteiger partial charge is 0.496 e. The highest BCUT2D eigenvalue weighted by molar-refractivity contribution is 7.99. The van der Waals surface area contributed by atoms with E-state index >= 15 is 0 Å². The molecule has 0 fully saturated rings. The summed E-state index contributed by atoms with van der Waals surface area (Å²) < 4.78 is 5.29. The van der Waals surface area contributed by atoms with E-state index in [0.717, 1.165) is 11.1 Å². The van der Waals surface area contributed by atoms with Crippen LogP contribution in [0.3, 0.4) is 0 Å². The van der Waals surface area contributed by atoms with Crippen molar-refractivity contribution in [2.24, 2.45) is 0 Å². The van der Waals surface area contributed by atoms with Gasteiger partial charge in [-0.2, -0.15) is 11.8 Å². The first kappa shape index (κ1) is 17.3. The van der Waals surface area contributed by atoms with Crippen molar-refractivity contribution in [1.29, 1.82) is 0 Å². The summed E-state index contributed by atoms with van der Waals surface area (Å²) in [7, 11) is 1.60. The average Bonchev–Trinajstić information content (AvgIpc) is 2.46. The van der Waals surface area contributed by atoms with Gasteiger partial charge in [0.25, 0.3) is 0 Å². The van der Waals surface area contributed by atoms with Gasteiger partial charge in [0, 0.05) is 23.4 Å². The van der Waals surface area contributed by atoms with Crippen LogP contribution in [-0.4, -0.2) is 48.0 Å². The number of rotatable bonds is 8. The van der Waals surface area contributed by atoms with Gasteiger partial charge in [-0.05, 0) is 32.2 Å². The quantitative estimate of drug-likeness (QED) is 0.682. The molecule has 1 aromatic rings. The van der Waals surface area contributed by atoms with Crippen molar-refractivity contribution in [2.45, 2.75) is 31.2 Å². The summed E-state index contributed by atoms with van der Waals surface area (Å²) in [6.07, 6.45) is 1.34. The van der Waals surface area contributed by atoms with Gasteiger partial charge in [0.1, 0.15) is 5.75 Å². The Bertz CT molecular complexity index is 410. The molecule has 0 bridgehead atoms. The Morgan fingerprint density at radius 2 is 2.10 bits per heavy atom. The Hall–Kier alpha value is -0.750. The topological polar surface area (TPSA) is 61.7 Å². The number of thioether (sulfide) groups is 1. The zero-order valence-electron chi connectivity index (χ0n) is 12.6. The van der Waals surface area contributed by atoms with Gasteiger partial charge in [-0.1, -0.05) is 11.6 Å². The first-order valence-electron chi connectivity index (χ1n) is 6.73. The van der Waals surface area contributed by atoms with Crippen molar-refractivity contribution < 1.29 is 14.9 Å². The van der Waals surface area contributed by atoms with Gasteiger partial charge in [-0.3, -0.25) is 0 Å². The Balaban J connectivity index is 2.67. The maximum Gasteiger partial charge on any atom is 0.124 e. The molecule has 1 aromatic carbocycles. The van der Waals surface area contributed by atoms with E-state index < -0.39 is 6.10 Å². The molecule has 0 aliphatic heterocycles. The first-order chi connectivity index (χ1) is 9.53. The molecule has 3 unspecified atom stereocenters. The molecule has 0 saturated carbocycles. The van der Waals surface area contributed by atoms with Gasteiger partial charge in [0.15, 0.2) is 0 Å². The zero-order valence-corrected chi connectivity index (χ0v) is 13.4. The van der Waals surface area contributed by atoms with E-state index in [1.54, 1.807) is 18.9 Å². The minimum Gasteiger partial charge on any atom is -0.496 e. The van der Waals surface area contributed by atoms with Gasteiger partial charge in [-0.25, -0.2) is 0 Å². The third-order valence-electron chi connectivity index (χ3n) is 3.42. The Kier molecular flexibility index (Phi) is 7.37. The molecule has 0 radical (unpaired) electrons. The molecule has 0 aliphatic rings. The molecule has 0 spiro atoms. The highest BCUT2D eigenvalue weighted by Gasteiger charge is 2.18. The first-order valence-corrected chi connectivity index (χ1v) is 8.01. The Labute approximate surface area is 125 Å². The number of nitrogens with one attached hydrogen (secondary N) is 1. The maximum atomic E-state index is 10.3. The van der Waals surface area contributed by atoms with E-state index in [-0.39, 0.29) is 17.9 Å². The molecule has 0 aliphatic carbocycles. The molecule has 0 saturated heterocycles. The van der Waals surface area contributed by atoms with Crippen LogP contribution in [0.15, 0.2) is 18.2 Å². The minimum atomic E-state index is -0.631. The van der Waals surface area contributed by atoms with Gasteiger partial charge < -0.3 is 20.3 Å². The summed E-state index contributed by atoms with van der Waals surface area (Å²) >= 11 is 1.62. The number of aryl methyl sites for hydroxylation is 1. The second-order valence-electron chi connectivity index (χ2n) is 4.91. The van der Waals surface area contributed by atoms with Gasteiger partial charge >= 0.3 is 0 Å². The van der Waals surface area contributed by atoms with Crippen molar-refractivity contribution in [3.63, 3.8) is 0 Å². The predicted molar refractivity (Wildman–Crippen MR) is 84.5 cm³/mol. The number of benzene rings is 1. The summed E-state index contributed by atoms with van der Waals surface area (Å²) in [5, 5.41) is 23.0. The van der Waals surface area contributed by atoms with Crippen molar-refractivity contribution in [3.05, 3.63) is 29.3 Å². The molecule has 1 rings (SSSR count). The molecule has 0 aromatic heterocycles. The van der Waals surface area contributed by atoms with Crippen LogP contribution in [-0.2, 0) is 0 Å². The van der Waals surface area contributed by atoms with Crippen LogP contribution in [0, 0.1) is 6.92 Å². The smallest absolute Gasteiger partial charge is 0.124 e. The summed E-state index contributed by atoms with van der Waals surface area (Å²) in [4.78, 5) is 0. The third-order valence-corrected chi connectivity index (χ3v) is 4.58. The molecule has 4 nitrogen and oxygen atoms in total. The summed E-state index contributed by atoms with van der Waals surface area (Å²) in [6.45, 7) is 4.55. The fraction of sp³-hybridized carbons (Fsp3) is 0.600. The minimum absolute atomic E-state index is 0.124. The van der Waals surface area contributed by atoms with E-state index in [1.165, 1.54) is 0 Å². The van der Waals surface area contributed by atoms with Crippen LogP contribution in [0.5, 0.6) is 5.75 Å². The standard InChI is InChI=1S/C15H25NO3S/c1-10-5-6-14(19-3)12(7-10)13(18)8-16-11(2)15(9-17)20-4/h5-7,11,13,15-18H,8-9H2,1-4H3. The van der Waals surface area contributed by atoms with Gasteiger partial charge in [0.2, 0.25) is 0 Å². The second-order valence-corrected chi connectivity index (χ2v) is 5.99. The zero-order chi connectivity index (χ0) is 15.1. The average molecular weight is 299 g/mol. The third kappa shape index (κ3) is 4.66. The van der Waals surface area contributed by atoms with Crippen molar-refractivity contribution in [2.75, 3.05) is 26.5 Å². The van der Waals surface area contributed by atoms with Crippen LogP contribution < -0.4 is 10.1 Å². The van der Waals surface area contributed by atoms with Crippen LogP contribution >= 0.6 is 11.8 Å². The second kappa shape index (κ2) is 8.52. The molecule has 5 heteroatoms. The van der Waals surface area contributed by atoms with Crippen LogP contribution in [0.25, 0.3) is 0 Å². The SMILES string of the molecule is COc1ccc(C)cc1C(O)CNC(C)C(CO)SC. The molecular weight excluding hydrogens is 274 g/mol. The fourth-order valence-electron chi connectivity index (χ4n) is 2.09. The molecule has 3 atom stereocenters. The molecule has 0 heterocycles. The number of aliphatic hydroxyl groups is 2.